The van der Waals surface area contributed by atoms with E-state index >= 15 is 0 Å². The van der Waals surface area contributed by atoms with Crippen LogP contribution in [0, 0.1) is 5.92 Å². The van der Waals surface area contributed by atoms with Crippen LogP contribution in [0.4, 0.5) is 5.82 Å². The van der Waals surface area contributed by atoms with E-state index in [4.69, 9.17) is 0 Å². The standard InChI is InChI=1S/C16H25N3O/c1-12(2)19-15-14(9-6-10-17-15)16(20)18-11-13-7-4-3-5-8-13/h6,9-10,12-13H,3-5,7-8,11H2,1-2H3,(H,17,19)(H,18,20). The molecule has 1 aliphatic rings. The van der Waals surface area contributed by atoms with Crippen molar-refractivity contribution in [3.8, 4) is 0 Å². The molecule has 0 spiro atoms. The van der Waals surface area contributed by atoms with Crippen LogP contribution in [0.25, 0.3) is 0 Å². The van der Waals surface area contributed by atoms with Crippen LogP contribution >= 0.6 is 0 Å². The molecule has 1 saturated carbocycles. The van der Waals surface area contributed by atoms with Crippen LogP contribution in [-0.4, -0.2) is 23.5 Å². The Hall–Kier alpha value is -1.58. The smallest absolute Gasteiger partial charge is 0.255 e. The third kappa shape index (κ3) is 4.22. The van der Waals surface area contributed by atoms with Crippen LogP contribution in [0.15, 0.2) is 18.3 Å². The second-order valence-corrected chi connectivity index (χ2v) is 5.91. The fourth-order valence-electron chi connectivity index (χ4n) is 2.70. The van der Waals surface area contributed by atoms with Crippen molar-refractivity contribution in [3.05, 3.63) is 23.9 Å². The minimum atomic E-state index is -0.0215. The number of carbonyl (C=O) groups excluding carboxylic acids is 1. The Balaban J connectivity index is 1.94. The largest absolute Gasteiger partial charge is 0.367 e. The van der Waals surface area contributed by atoms with Gasteiger partial charge in [-0.25, -0.2) is 4.98 Å². The van der Waals surface area contributed by atoms with Crippen molar-refractivity contribution >= 4 is 11.7 Å². The maximum Gasteiger partial charge on any atom is 0.255 e. The van der Waals surface area contributed by atoms with Crippen LogP contribution in [-0.2, 0) is 0 Å². The molecule has 110 valence electrons. The number of hydrogen-bond acceptors (Lipinski definition) is 3. The molecule has 1 heterocycles. The molecule has 1 fully saturated rings. The molecule has 4 nitrogen and oxygen atoms in total. The first-order chi connectivity index (χ1) is 9.66. The first kappa shape index (κ1) is 14.8. The lowest BCUT2D eigenvalue weighted by atomic mass is 9.89. The number of aromatic nitrogens is 1. The number of nitrogens with one attached hydrogen (secondary N) is 2. The summed E-state index contributed by atoms with van der Waals surface area (Å²) in [6, 6.07) is 3.89. The van der Waals surface area contributed by atoms with Crippen LogP contribution in [0.2, 0.25) is 0 Å². The fourth-order valence-corrected chi connectivity index (χ4v) is 2.70. The van der Waals surface area contributed by atoms with Gasteiger partial charge in [-0.1, -0.05) is 19.3 Å². The van der Waals surface area contributed by atoms with Gasteiger partial charge in [0, 0.05) is 18.8 Å². The molecule has 4 heteroatoms. The summed E-state index contributed by atoms with van der Waals surface area (Å²) < 4.78 is 0. The maximum absolute atomic E-state index is 12.3. The van der Waals surface area contributed by atoms with Gasteiger partial charge in [0.05, 0.1) is 5.56 Å². The molecule has 0 aromatic carbocycles. The Kier molecular flexibility index (Phi) is 5.39. The summed E-state index contributed by atoms with van der Waals surface area (Å²) in [5, 5.41) is 6.28. The van der Waals surface area contributed by atoms with E-state index < -0.39 is 0 Å². The van der Waals surface area contributed by atoms with Gasteiger partial charge in [0.1, 0.15) is 5.82 Å². The summed E-state index contributed by atoms with van der Waals surface area (Å²) >= 11 is 0. The summed E-state index contributed by atoms with van der Waals surface area (Å²) in [5.41, 5.74) is 0.636. The average Bonchev–Trinajstić information content (AvgIpc) is 2.46. The molecule has 1 aliphatic carbocycles. The number of pyridine rings is 1. The minimum absolute atomic E-state index is 0.0215. The second kappa shape index (κ2) is 7.27. The Morgan fingerprint density at radius 1 is 1.35 bits per heavy atom. The topological polar surface area (TPSA) is 54.0 Å². The molecule has 0 atom stereocenters. The summed E-state index contributed by atoms with van der Waals surface area (Å²) in [7, 11) is 0. The van der Waals surface area contributed by atoms with Crippen molar-refractivity contribution in [3.63, 3.8) is 0 Å². The molecule has 1 amide bonds. The van der Waals surface area contributed by atoms with Crippen molar-refractivity contribution < 1.29 is 4.79 Å². The minimum Gasteiger partial charge on any atom is -0.367 e. The highest BCUT2D eigenvalue weighted by molar-refractivity contribution is 5.98. The van der Waals surface area contributed by atoms with E-state index in [1.54, 1.807) is 12.3 Å². The summed E-state index contributed by atoms with van der Waals surface area (Å²) in [4.78, 5) is 16.6. The monoisotopic (exact) mass is 275 g/mol. The van der Waals surface area contributed by atoms with Crippen LogP contribution in [0.3, 0.4) is 0 Å². The first-order valence-electron chi connectivity index (χ1n) is 7.66. The number of rotatable bonds is 5. The molecule has 0 radical (unpaired) electrons. The first-order valence-corrected chi connectivity index (χ1v) is 7.66. The van der Waals surface area contributed by atoms with Gasteiger partial charge in [-0.3, -0.25) is 4.79 Å². The SMILES string of the molecule is CC(C)Nc1ncccc1C(=O)NCC1CCCCC1. The van der Waals surface area contributed by atoms with E-state index in [0.29, 0.717) is 17.3 Å². The Bertz CT molecular complexity index is 439. The Labute approximate surface area is 121 Å². The van der Waals surface area contributed by atoms with Crippen molar-refractivity contribution in [1.82, 2.24) is 10.3 Å². The molecular weight excluding hydrogens is 250 g/mol. The summed E-state index contributed by atoms with van der Waals surface area (Å²) in [5.74, 6) is 1.29. The van der Waals surface area contributed by atoms with Gasteiger partial charge >= 0.3 is 0 Å². The van der Waals surface area contributed by atoms with E-state index in [9.17, 15) is 4.79 Å². The van der Waals surface area contributed by atoms with Crippen molar-refractivity contribution in [2.45, 2.75) is 52.0 Å². The van der Waals surface area contributed by atoms with Crippen LogP contribution in [0.5, 0.6) is 0 Å². The number of anilines is 1. The summed E-state index contributed by atoms with van der Waals surface area (Å²) in [6.07, 6.45) is 8.13. The summed E-state index contributed by atoms with van der Waals surface area (Å²) in [6.45, 7) is 4.87. The third-order valence-corrected chi connectivity index (χ3v) is 3.75. The molecule has 2 rings (SSSR count). The van der Waals surface area contributed by atoms with Gasteiger partial charge in [-0.2, -0.15) is 0 Å². The van der Waals surface area contributed by atoms with E-state index in [1.165, 1.54) is 32.1 Å². The van der Waals surface area contributed by atoms with Crippen molar-refractivity contribution in [2.24, 2.45) is 5.92 Å². The molecule has 0 unspecified atom stereocenters. The zero-order valence-electron chi connectivity index (χ0n) is 12.5. The molecule has 0 aliphatic heterocycles. The number of carbonyl (C=O) groups is 1. The number of amides is 1. The lowest BCUT2D eigenvalue weighted by molar-refractivity contribution is 0.0944. The second-order valence-electron chi connectivity index (χ2n) is 5.91. The van der Waals surface area contributed by atoms with Gasteiger partial charge in [-0.15, -0.1) is 0 Å². The predicted octanol–water partition coefficient (Wildman–Crippen LogP) is 3.21. The predicted molar refractivity (Wildman–Crippen MR) is 81.9 cm³/mol. The number of hydrogen-bond donors (Lipinski definition) is 2. The van der Waals surface area contributed by atoms with Gasteiger partial charge in [0.2, 0.25) is 0 Å². The van der Waals surface area contributed by atoms with Gasteiger partial charge in [0.15, 0.2) is 0 Å². The van der Waals surface area contributed by atoms with E-state index in [2.05, 4.69) is 15.6 Å². The molecule has 2 N–H and O–H groups in total. The quantitative estimate of drug-likeness (QED) is 0.867. The normalized spacial score (nSPS) is 16.1. The van der Waals surface area contributed by atoms with Gasteiger partial charge in [0.25, 0.3) is 5.91 Å². The van der Waals surface area contributed by atoms with Crippen molar-refractivity contribution in [2.75, 3.05) is 11.9 Å². The molecular formula is C16H25N3O. The Morgan fingerprint density at radius 3 is 2.80 bits per heavy atom. The van der Waals surface area contributed by atoms with E-state index in [-0.39, 0.29) is 11.9 Å². The zero-order valence-corrected chi connectivity index (χ0v) is 12.5. The van der Waals surface area contributed by atoms with Crippen LogP contribution < -0.4 is 10.6 Å². The number of nitrogens with zero attached hydrogens (tertiary/aromatic N) is 1. The molecule has 0 bridgehead atoms. The highest BCUT2D eigenvalue weighted by atomic mass is 16.1. The van der Waals surface area contributed by atoms with Gasteiger partial charge in [-0.05, 0) is 44.7 Å². The van der Waals surface area contributed by atoms with Gasteiger partial charge < -0.3 is 10.6 Å². The average molecular weight is 275 g/mol. The van der Waals surface area contributed by atoms with E-state index in [1.807, 2.05) is 19.9 Å². The van der Waals surface area contributed by atoms with Crippen molar-refractivity contribution in [1.29, 1.82) is 0 Å². The molecule has 0 saturated heterocycles. The molecule has 1 aromatic rings. The lowest BCUT2D eigenvalue weighted by Gasteiger charge is -2.22. The Morgan fingerprint density at radius 2 is 2.10 bits per heavy atom. The fraction of sp³-hybridized carbons (Fsp3) is 0.625. The molecule has 20 heavy (non-hydrogen) atoms. The lowest BCUT2D eigenvalue weighted by Crippen LogP contribution is -2.31. The zero-order chi connectivity index (χ0) is 14.4. The highest BCUT2D eigenvalue weighted by Crippen LogP contribution is 2.23. The third-order valence-electron chi connectivity index (χ3n) is 3.75. The maximum atomic E-state index is 12.3. The highest BCUT2D eigenvalue weighted by Gasteiger charge is 2.17. The van der Waals surface area contributed by atoms with E-state index in [0.717, 1.165) is 6.54 Å². The van der Waals surface area contributed by atoms with Crippen LogP contribution in [0.1, 0.15) is 56.3 Å². The molecule has 1 aromatic heterocycles.